The van der Waals surface area contributed by atoms with E-state index in [0.29, 0.717) is 30.3 Å². The van der Waals surface area contributed by atoms with Gasteiger partial charge in [0.2, 0.25) is 5.91 Å². The Morgan fingerprint density at radius 1 is 1.03 bits per heavy atom. The first kappa shape index (κ1) is 27.3. The number of amides is 4. The number of anilines is 1. The molecule has 0 aromatic heterocycles. The number of halogens is 1. The van der Waals surface area contributed by atoms with Crippen molar-refractivity contribution < 1.29 is 24.2 Å². The highest BCUT2D eigenvalue weighted by Gasteiger charge is 2.33. The third-order valence-corrected chi connectivity index (χ3v) is 5.85. The van der Waals surface area contributed by atoms with Crippen molar-refractivity contribution in [3.8, 4) is 0 Å². The number of carbonyl (C=O) groups is 3. The molecule has 1 aliphatic rings. The molecule has 0 radical (unpaired) electrons. The molecule has 1 heterocycles. The first-order valence-electron chi connectivity index (χ1n) is 11.8. The van der Waals surface area contributed by atoms with Gasteiger partial charge in [-0.25, -0.2) is 9.59 Å². The first-order valence-corrected chi connectivity index (χ1v) is 12.2. The van der Waals surface area contributed by atoms with Crippen LogP contribution in [0.4, 0.5) is 15.3 Å². The quantitative estimate of drug-likeness (QED) is 0.542. The maximum absolute atomic E-state index is 12.9. The van der Waals surface area contributed by atoms with E-state index >= 15 is 0 Å². The number of aliphatic hydroxyl groups excluding tert-OH is 1. The number of hydrogen-bond acceptors (Lipinski definition) is 5. The molecule has 4 amide bonds. The number of nitrogens with one attached hydrogen (secondary N) is 2. The number of rotatable bonds is 6. The lowest BCUT2D eigenvalue weighted by atomic mass is 10.1. The normalized spacial score (nSPS) is 15.9. The number of ether oxygens (including phenoxy) is 1. The van der Waals surface area contributed by atoms with Gasteiger partial charge in [0.15, 0.2) is 0 Å². The van der Waals surface area contributed by atoms with Gasteiger partial charge in [-0.1, -0.05) is 35.9 Å². The second kappa shape index (κ2) is 12.1. The highest BCUT2D eigenvalue weighted by atomic mass is 35.5. The molecule has 2 aromatic rings. The molecule has 0 saturated carbocycles. The minimum absolute atomic E-state index is 0.140. The molecule has 3 rings (SSSR count). The van der Waals surface area contributed by atoms with Crippen LogP contribution in [0.2, 0.25) is 5.02 Å². The Hall–Kier alpha value is -3.30. The lowest BCUT2D eigenvalue weighted by Crippen LogP contribution is -2.58. The average Bonchev–Trinajstić information content (AvgIpc) is 2.83. The number of benzene rings is 2. The summed E-state index contributed by atoms with van der Waals surface area (Å²) in [5, 5.41) is 16.0. The summed E-state index contributed by atoms with van der Waals surface area (Å²) in [6, 6.07) is 13.4. The van der Waals surface area contributed by atoms with E-state index in [4.69, 9.17) is 16.3 Å². The number of urea groups is 1. The van der Waals surface area contributed by atoms with Crippen molar-refractivity contribution in [1.82, 2.24) is 15.1 Å². The summed E-state index contributed by atoms with van der Waals surface area (Å²) in [5.74, 6) is -0.140. The van der Waals surface area contributed by atoms with Crippen molar-refractivity contribution in [3.63, 3.8) is 0 Å². The lowest BCUT2D eigenvalue weighted by molar-refractivity contribution is -0.136. The zero-order valence-corrected chi connectivity index (χ0v) is 21.5. The molecule has 36 heavy (non-hydrogen) atoms. The Labute approximate surface area is 216 Å². The smallest absolute Gasteiger partial charge is 0.410 e. The third kappa shape index (κ3) is 8.13. The van der Waals surface area contributed by atoms with Gasteiger partial charge in [-0.2, -0.15) is 0 Å². The van der Waals surface area contributed by atoms with Crippen molar-refractivity contribution in [2.45, 2.75) is 45.4 Å². The number of aliphatic hydroxyl groups is 1. The van der Waals surface area contributed by atoms with Gasteiger partial charge < -0.3 is 30.3 Å². The Kier molecular flexibility index (Phi) is 9.17. The molecule has 194 valence electrons. The zero-order chi connectivity index (χ0) is 26.3. The fourth-order valence-electron chi connectivity index (χ4n) is 3.77. The van der Waals surface area contributed by atoms with Crippen molar-refractivity contribution in [2.75, 3.05) is 31.6 Å². The maximum atomic E-state index is 12.9. The van der Waals surface area contributed by atoms with E-state index in [0.717, 1.165) is 11.1 Å². The summed E-state index contributed by atoms with van der Waals surface area (Å²) in [4.78, 5) is 40.6. The van der Waals surface area contributed by atoms with Crippen LogP contribution in [0.1, 0.15) is 31.9 Å². The minimum Gasteiger partial charge on any atom is -0.444 e. The van der Waals surface area contributed by atoms with Crippen LogP contribution >= 0.6 is 11.6 Å². The van der Waals surface area contributed by atoms with Gasteiger partial charge >= 0.3 is 12.1 Å². The third-order valence-electron chi connectivity index (χ3n) is 5.60. The maximum Gasteiger partial charge on any atom is 0.410 e. The fourth-order valence-corrected chi connectivity index (χ4v) is 3.90. The molecular formula is C26H33ClN4O5. The minimum atomic E-state index is -0.614. The van der Waals surface area contributed by atoms with E-state index in [-0.39, 0.29) is 31.5 Å². The van der Waals surface area contributed by atoms with E-state index in [1.54, 1.807) is 62.1 Å². The highest BCUT2D eigenvalue weighted by Crippen LogP contribution is 2.17. The van der Waals surface area contributed by atoms with Gasteiger partial charge in [-0.05, 0) is 56.2 Å². The van der Waals surface area contributed by atoms with Gasteiger partial charge in [0.25, 0.3) is 0 Å². The Morgan fingerprint density at radius 3 is 2.28 bits per heavy atom. The van der Waals surface area contributed by atoms with Crippen molar-refractivity contribution in [2.24, 2.45) is 0 Å². The predicted molar refractivity (Wildman–Crippen MR) is 138 cm³/mol. The molecule has 1 atom stereocenters. The second-order valence-corrected chi connectivity index (χ2v) is 10.1. The number of nitrogens with zero attached hydrogens (tertiary/aromatic N) is 2. The van der Waals surface area contributed by atoms with Gasteiger partial charge in [0, 0.05) is 36.9 Å². The van der Waals surface area contributed by atoms with Crippen LogP contribution in [-0.4, -0.2) is 70.8 Å². The van der Waals surface area contributed by atoms with Gasteiger partial charge in [-0.3, -0.25) is 4.79 Å². The lowest BCUT2D eigenvalue weighted by Gasteiger charge is -2.41. The standard InChI is InChI=1S/C26H33ClN4O5/c1-26(2,3)36-25(35)30-12-13-31(22(16-30)17-32)23(33)14-18-6-10-21(11-7-18)29-24(34)28-15-19-4-8-20(27)9-5-19/h4-11,22,32H,12-17H2,1-3H3,(H2,28,29,34)/t22-/m0/s1. The van der Waals surface area contributed by atoms with Crippen LogP contribution in [0.3, 0.4) is 0 Å². The number of hydrogen-bond donors (Lipinski definition) is 3. The Bertz CT molecular complexity index is 1050. The van der Waals surface area contributed by atoms with E-state index in [1.807, 2.05) is 12.1 Å². The predicted octanol–water partition coefficient (Wildman–Crippen LogP) is 3.64. The van der Waals surface area contributed by atoms with Gasteiger partial charge in [-0.15, -0.1) is 0 Å². The second-order valence-electron chi connectivity index (χ2n) is 9.66. The van der Waals surface area contributed by atoms with Crippen molar-refractivity contribution in [3.05, 3.63) is 64.7 Å². The number of carbonyl (C=O) groups excluding carboxylic acids is 3. The van der Waals surface area contributed by atoms with Crippen LogP contribution in [0.5, 0.6) is 0 Å². The molecule has 0 aliphatic carbocycles. The van der Waals surface area contributed by atoms with Crippen LogP contribution in [0.15, 0.2) is 48.5 Å². The van der Waals surface area contributed by atoms with Crippen LogP contribution in [-0.2, 0) is 22.5 Å². The molecular weight excluding hydrogens is 484 g/mol. The van der Waals surface area contributed by atoms with Crippen LogP contribution < -0.4 is 10.6 Å². The summed E-state index contributed by atoms with van der Waals surface area (Å²) in [7, 11) is 0. The average molecular weight is 517 g/mol. The summed E-state index contributed by atoms with van der Waals surface area (Å²) in [6.45, 7) is 6.36. The molecule has 2 aromatic carbocycles. The molecule has 3 N–H and O–H groups in total. The zero-order valence-electron chi connectivity index (χ0n) is 20.8. The molecule has 9 nitrogen and oxygen atoms in total. The monoisotopic (exact) mass is 516 g/mol. The molecule has 1 fully saturated rings. The van der Waals surface area contributed by atoms with Crippen molar-refractivity contribution >= 4 is 35.3 Å². The topological polar surface area (TPSA) is 111 Å². The van der Waals surface area contributed by atoms with Crippen LogP contribution in [0.25, 0.3) is 0 Å². The van der Waals surface area contributed by atoms with Crippen LogP contribution in [0, 0.1) is 0 Å². The van der Waals surface area contributed by atoms with Crippen molar-refractivity contribution in [1.29, 1.82) is 0 Å². The summed E-state index contributed by atoms with van der Waals surface area (Å²) in [5.41, 5.74) is 1.69. The molecule has 0 spiro atoms. The Morgan fingerprint density at radius 2 is 1.67 bits per heavy atom. The van der Waals surface area contributed by atoms with E-state index < -0.39 is 17.7 Å². The summed E-state index contributed by atoms with van der Waals surface area (Å²) in [6.07, 6.45) is -0.306. The molecule has 1 aliphatic heterocycles. The van der Waals surface area contributed by atoms with Gasteiger partial charge in [0.1, 0.15) is 5.60 Å². The SMILES string of the molecule is CC(C)(C)OC(=O)N1CCN(C(=O)Cc2ccc(NC(=O)NCc3ccc(Cl)cc3)cc2)[C@H](CO)C1. The summed E-state index contributed by atoms with van der Waals surface area (Å²) >= 11 is 5.87. The first-order chi connectivity index (χ1) is 17.0. The largest absolute Gasteiger partial charge is 0.444 e. The van der Waals surface area contributed by atoms with E-state index in [1.165, 1.54) is 4.90 Å². The number of piperazine rings is 1. The molecule has 0 bridgehead atoms. The Balaban J connectivity index is 1.49. The summed E-state index contributed by atoms with van der Waals surface area (Å²) < 4.78 is 5.40. The fraction of sp³-hybridized carbons (Fsp3) is 0.423. The van der Waals surface area contributed by atoms with Gasteiger partial charge in [0.05, 0.1) is 19.1 Å². The van der Waals surface area contributed by atoms with E-state index in [2.05, 4.69) is 10.6 Å². The molecule has 10 heteroatoms. The van der Waals surface area contributed by atoms with E-state index in [9.17, 15) is 19.5 Å². The molecule has 1 saturated heterocycles. The highest BCUT2D eigenvalue weighted by molar-refractivity contribution is 6.30. The molecule has 0 unspecified atom stereocenters.